The molecule has 1 unspecified atom stereocenters. The molecule has 1 aliphatic rings. The molecule has 6 heteroatoms. The maximum atomic E-state index is 13.7. The van der Waals surface area contributed by atoms with Crippen LogP contribution in [0.5, 0.6) is 0 Å². The number of carbonyl (C=O) groups excluding carboxylic acids is 3. The van der Waals surface area contributed by atoms with Crippen molar-refractivity contribution >= 4 is 23.4 Å². The molecule has 0 fully saturated rings. The fourth-order valence-electron chi connectivity index (χ4n) is 3.90. The first kappa shape index (κ1) is 24.6. The Labute approximate surface area is 186 Å². The summed E-state index contributed by atoms with van der Waals surface area (Å²) in [6, 6.07) is 7.79. The van der Waals surface area contributed by atoms with Gasteiger partial charge in [-0.1, -0.05) is 44.2 Å². The molecule has 0 saturated heterocycles. The van der Waals surface area contributed by atoms with E-state index < -0.39 is 17.6 Å². The maximum Gasteiger partial charge on any atom is 0.410 e. The molecule has 31 heavy (non-hydrogen) atoms. The van der Waals surface area contributed by atoms with E-state index in [4.69, 9.17) is 4.74 Å². The minimum atomic E-state index is -0.995. The molecule has 2 amide bonds. The highest BCUT2D eigenvalue weighted by atomic mass is 16.6. The van der Waals surface area contributed by atoms with E-state index in [2.05, 4.69) is 13.8 Å². The Kier molecular flexibility index (Phi) is 7.35. The third-order valence-corrected chi connectivity index (χ3v) is 5.53. The van der Waals surface area contributed by atoms with Gasteiger partial charge in [-0.05, 0) is 45.7 Å². The number of benzene rings is 1. The highest BCUT2D eigenvalue weighted by Crippen LogP contribution is 2.41. The van der Waals surface area contributed by atoms with E-state index in [-0.39, 0.29) is 23.7 Å². The SMILES string of the molecule is CCN(CC)C(=O)C(CN(C)C(=O)OC(C)(C)C)C(=O)C1=CC(C)(C)c2ccccc21. The van der Waals surface area contributed by atoms with Crippen molar-refractivity contribution in [1.82, 2.24) is 9.80 Å². The second kappa shape index (κ2) is 9.25. The second-order valence-electron chi connectivity index (χ2n) is 9.61. The topological polar surface area (TPSA) is 66.9 Å². The number of ketones is 1. The van der Waals surface area contributed by atoms with Crippen LogP contribution in [0.4, 0.5) is 4.79 Å². The molecule has 1 aromatic carbocycles. The van der Waals surface area contributed by atoms with Crippen LogP contribution in [-0.2, 0) is 19.7 Å². The lowest BCUT2D eigenvalue weighted by molar-refractivity contribution is -0.139. The molecule has 1 aromatic rings. The monoisotopic (exact) mass is 428 g/mol. The number of hydrogen-bond donors (Lipinski definition) is 0. The molecular formula is C25H36N2O4. The summed E-state index contributed by atoms with van der Waals surface area (Å²) < 4.78 is 5.42. The Morgan fingerprint density at radius 1 is 1.06 bits per heavy atom. The van der Waals surface area contributed by atoms with Crippen molar-refractivity contribution in [3.05, 3.63) is 41.5 Å². The van der Waals surface area contributed by atoms with Gasteiger partial charge in [0, 0.05) is 37.7 Å². The normalized spacial score (nSPS) is 15.5. The second-order valence-corrected chi connectivity index (χ2v) is 9.61. The van der Waals surface area contributed by atoms with Gasteiger partial charge in [-0.25, -0.2) is 4.79 Å². The lowest BCUT2D eigenvalue weighted by atomic mass is 9.87. The number of rotatable bonds is 7. The molecule has 0 radical (unpaired) electrons. The van der Waals surface area contributed by atoms with Gasteiger partial charge in [-0.15, -0.1) is 0 Å². The van der Waals surface area contributed by atoms with E-state index >= 15 is 0 Å². The number of ether oxygens (including phenoxy) is 1. The summed E-state index contributed by atoms with van der Waals surface area (Å²) in [6.45, 7) is 14.2. The summed E-state index contributed by atoms with van der Waals surface area (Å²) in [5.41, 5.74) is 1.50. The standard InChI is InChI=1S/C25H36N2O4/c1-9-27(10-2)22(29)19(16-26(8)23(30)31-24(3,4)5)21(28)18-15-25(6,7)20-14-12-11-13-17(18)20/h11-15,19H,9-10,16H2,1-8H3. The van der Waals surface area contributed by atoms with Crippen molar-refractivity contribution < 1.29 is 19.1 Å². The third kappa shape index (κ3) is 5.54. The highest BCUT2D eigenvalue weighted by molar-refractivity contribution is 6.28. The maximum absolute atomic E-state index is 13.7. The molecule has 6 nitrogen and oxygen atoms in total. The molecule has 0 aromatic heterocycles. The molecule has 170 valence electrons. The van der Waals surface area contributed by atoms with Gasteiger partial charge in [0.15, 0.2) is 5.78 Å². The summed E-state index contributed by atoms with van der Waals surface area (Å²) >= 11 is 0. The number of amides is 2. The van der Waals surface area contributed by atoms with E-state index in [1.165, 1.54) is 4.90 Å². The first-order valence-electron chi connectivity index (χ1n) is 10.9. The third-order valence-electron chi connectivity index (χ3n) is 5.53. The average Bonchev–Trinajstić information content (AvgIpc) is 2.96. The quantitative estimate of drug-likeness (QED) is 0.608. The van der Waals surface area contributed by atoms with Gasteiger partial charge in [-0.3, -0.25) is 9.59 Å². The van der Waals surface area contributed by atoms with E-state index in [1.807, 2.05) is 44.2 Å². The minimum absolute atomic E-state index is 0.0387. The number of carbonyl (C=O) groups is 3. The first-order valence-corrected chi connectivity index (χ1v) is 10.9. The van der Waals surface area contributed by atoms with Crippen LogP contribution in [-0.4, -0.2) is 59.9 Å². The fraction of sp³-hybridized carbons (Fsp3) is 0.560. The predicted octanol–water partition coefficient (Wildman–Crippen LogP) is 4.28. The van der Waals surface area contributed by atoms with E-state index in [1.54, 1.807) is 32.7 Å². The Balaban J connectivity index is 2.40. The zero-order chi connectivity index (χ0) is 23.6. The number of allylic oxidation sites excluding steroid dienone is 2. The fourth-order valence-corrected chi connectivity index (χ4v) is 3.90. The van der Waals surface area contributed by atoms with Crippen LogP contribution in [0.2, 0.25) is 0 Å². The number of fused-ring (bicyclic) bond motifs is 1. The van der Waals surface area contributed by atoms with E-state index in [0.717, 1.165) is 11.1 Å². The molecule has 0 saturated carbocycles. The van der Waals surface area contributed by atoms with Crippen LogP contribution < -0.4 is 0 Å². The van der Waals surface area contributed by atoms with Crippen LogP contribution in [0.25, 0.3) is 5.57 Å². The Bertz CT molecular complexity index is 876. The molecule has 0 N–H and O–H groups in total. The van der Waals surface area contributed by atoms with Crippen LogP contribution in [0.15, 0.2) is 30.3 Å². The minimum Gasteiger partial charge on any atom is -0.444 e. The van der Waals surface area contributed by atoms with Crippen molar-refractivity contribution in [3.63, 3.8) is 0 Å². The lowest BCUT2D eigenvalue weighted by Crippen LogP contribution is -2.46. The molecule has 0 bridgehead atoms. The van der Waals surface area contributed by atoms with E-state index in [9.17, 15) is 14.4 Å². The van der Waals surface area contributed by atoms with Crippen molar-refractivity contribution in [2.24, 2.45) is 5.92 Å². The van der Waals surface area contributed by atoms with Gasteiger partial charge in [-0.2, -0.15) is 0 Å². The van der Waals surface area contributed by atoms with Crippen LogP contribution in [0, 0.1) is 5.92 Å². The number of Topliss-reactive ketones (excluding diaryl/α,β-unsaturated/α-hetero) is 1. The molecule has 0 aliphatic heterocycles. The molecule has 1 atom stereocenters. The largest absolute Gasteiger partial charge is 0.444 e. The summed E-state index contributed by atoms with van der Waals surface area (Å²) in [6.07, 6.45) is 1.38. The Morgan fingerprint density at radius 2 is 1.65 bits per heavy atom. The van der Waals surface area contributed by atoms with Crippen LogP contribution in [0.1, 0.15) is 59.6 Å². The van der Waals surface area contributed by atoms with E-state index in [0.29, 0.717) is 18.7 Å². The van der Waals surface area contributed by atoms with Gasteiger partial charge >= 0.3 is 6.09 Å². The molecule has 1 aliphatic carbocycles. The zero-order valence-electron chi connectivity index (χ0n) is 20.1. The van der Waals surface area contributed by atoms with Crippen molar-refractivity contribution in [3.8, 4) is 0 Å². The molecular weight excluding hydrogens is 392 g/mol. The lowest BCUT2D eigenvalue weighted by Gasteiger charge is -2.29. The van der Waals surface area contributed by atoms with Crippen molar-refractivity contribution in [1.29, 1.82) is 0 Å². The average molecular weight is 429 g/mol. The molecule has 0 spiro atoms. The summed E-state index contributed by atoms with van der Waals surface area (Å²) in [7, 11) is 1.56. The van der Waals surface area contributed by atoms with Gasteiger partial charge < -0.3 is 14.5 Å². The summed E-state index contributed by atoms with van der Waals surface area (Å²) in [5, 5.41) is 0. The summed E-state index contributed by atoms with van der Waals surface area (Å²) in [4.78, 5) is 42.5. The summed E-state index contributed by atoms with van der Waals surface area (Å²) in [5.74, 6) is -1.52. The predicted molar refractivity (Wildman–Crippen MR) is 123 cm³/mol. The number of hydrogen-bond acceptors (Lipinski definition) is 4. The Morgan fingerprint density at radius 3 is 2.19 bits per heavy atom. The number of nitrogens with zero attached hydrogens (tertiary/aromatic N) is 2. The van der Waals surface area contributed by atoms with Crippen molar-refractivity contribution in [2.75, 3.05) is 26.7 Å². The zero-order valence-corrected chi connectivity index (χ0v) is 20.1. The van der Waals surface area contributed by atoms with Crippen LogP contribution >= 0.6 is 0 Å². The van der Waals surface area contributed by atoms with Gasteiger partial charge in [0.05, 0.1) is 0 Å². The van der Waals surface area contributed by atoms with Gasteiger partial charge in [0.2, 0.25) is 5.91 Å². The smallest absolute Gasteiger partial charge is 0.410 e. The highest BCUT2D eigenvalue weighted by Gasteiger charge is 2.39. The van der Waals surface area contributed by atoms with Crippen molar-refractivity contribution in [2.45, 2.75) is 59.5 Å². The molecule has 0 heterocycles. The van der Waals surface area contributed by atoms with Gasteiger partial charge in [0.25, 0.3) is 0 Å². The van der Waals surface area contributed by atoms with Crippen LogP contribution in [0.3, 0.4) is 0 Å². The van der Waals surface area contributed by atoms with Gasteiger partial charge in [0.1, 0.15) is 11.5 Å². The Hall–Kier alpha value is -2.63. The first-order chi connectivity index (χ1) is 14.3. The molecule has 2 rings (SSSR count).